The van der Waals surface area contributed by atoms with Crippen LogP contribution in [0.5, 0.6) is 5.75 Å². The van der Waals surface area contributed by atoms with Gasteiger partial charge < -0.3 is 9.15 Å². The summed E-state index contributed by atoms with van der Waals surface area (Å²) < 4.78 is 11.4. The van der Waals surface area contributed by atoms with Crippen molar-refractivity contribution in [3.8, 4) is 5.75 Å². The summed E-state index contributed by atoms with van der Waals surface area (Å²) in [6.45, 7) is 4.23. The number of hydrogen-bond acceptors (Lipinski definition) is 4. The normalized spacial score (nSPS) is 13.5. The van der Waals surface area contributed by atoms with Gasteiger partial charge in [0, 0.05) is 5.57 Å². The molecule has 1 aromatic carbocycles. The van der Waals surface area contributed by atoms with Gasteiger partial charge in [0.25, 0.3) is 0 Å². The quantitative estimate of drug-likeness (QED) is 0.756. The first kappa shape index (κ1) is 16.0. The molecule has 1 aliphatic carbocycles. The minimum atomic E-state index is 0.181. The monoisotopic (exact) mass is 321 g/mol. The number of aryl methyl sites for hydroxylation is 1. The Morgan fingerprint density at radius 2 is 2.17 bits per heavy atom. The molecule has 0 bridgehead atoms. The molecule has 0 aliphatic heterocycles. The number of ether oxygens (including phenoxy) is 1. The maximum Gasteiger partial charge on any atom is 0.233 e. The van der Waals surface area contributed by atoms with Crippen molar-refractivity contribution in [1.82, 2.24) is 4.98 Å². The summed E-state index contributed by atoms with van der Waals surface area (Å²) in [5.74, 6) is 1.41. The third-order valence-electron chi connectivity index (χ3n) is 3.98. The first-order valence-corrected chi connectivity index (χ1v) is 7.86. The highest BCUT2D eigenvalue weighted by molar-refractivity contribution is 5.84. The Balaban J connectivity index is 1.81. The molecule has 1 heterocycles. The second-order valence-corrected chi connectivity index (χ2v) is 5.61. The number of rotatable bonds is 5. The summed E-state index contributed by atoms with van der Waals surface area (Å²) in [4.78, 5) is 15.7. The van der Waals surface area contributed by atoms with E-state index in [4.69, 9.17) is 9.15 Å². The zero-order chi connectivity index (χ0) is 16.9. The lowest BCUT2D eigenvalue weighted by Crippen LogP contribution is -1.98. The number of benzene rings is 1. The fraction of sp³-hybridized carbons (Fsp3) is 0.200. The average Bonchev–Trinajstić information content (AvgIpc) is 2.81. The van der Waals surface area contributed by atoms with Gasteiger partial charge in [-0.1, -0.05) is 42.5 Å². The molecule has 24 heavy (non-hydrogen) atoms. The number of nitrogens with zero attached hydrogens (tertiary/aromatic N) is 1. The lowest BCUT2D eigenvalue weighted by atomic mass is 10.1. The van der Waals surface area contributed by atoms with Crippen LogP contribution in [0, 0.1) is 13.8 Å². The van der Waals surface area contributed by atoms with Gasteiger partial charge in [0.05, 0.1) is 0 Å². The third kappa shape index (κ3) is 3.38. The van der Waals surface area contributed by atoms with Crippen LogP contribution < -0.4 is 4.74 Å². The zero-order valence-corrected chi connectivity index (χ0v) is 13.8. The summed E-state index contributed by atoms with van der Waals surface area (Å²) in [7, 11) is 0. The second kappa shape index (κ2) is 7.13. The fourth-order valence-corrected chi connectivity index (χ4v) is 2.50. The van der Waals surface area contributed by atoms with E-state index in [-0.39, 0.29) is 12.4 Å². The minimum Gasteiger partial charge on any atom is -0.484 e. The molecule has 0 N–H and O–H groups in total. The van der Waals surface area contributed by atoms with Gasteiger partial charge in [0.15, 0.2) is 18.7 Å². The van der Waals surface area contributed by atoms with E-state index in [1.165, 1.54) is 0 Å². The van der Waals surface area contributed by atoms with E-state index in [0.717, 1.165) is 28.9 Å². The number of hydrogen-bond donors (Lipinski definition) is 0. The number of aromatic nitrogens is 1. The summed E-state index contributed by atoms with van der Waals surface area (Å²) in [5.41, 5.74) is 3.68. The number of carbonyl (C=O) groups is 1. The molecule has 0 unspecified atom stereocenters. The van der Waals surface area contributed by atoms with Crippen LogP contribution in [0.2, 0.25) is 0 Å². The Labute approximate surface area is 141 Å². The molecule has 0 atom stereocenters. The lowest BCUT2D eigenvalue weighted by molar-refractivity contribution is 0.109. The van der Waals surface area contributed by atoms with Crippen molar-refractivity contribution in [2.24, 2.45) is 0 Å². The van der Waals surface area contributed by atoms with Gasteiger partial charge in [-0.15, -0.1) is 0 Å². The molecular weight excluding hydrogens is 302 g/mol. The van der Waals surface area contributed by atoms with Crippen molar-refractivity contribution in [2.45, 2.75) is 26.9 Å². The van der Waals surface area contributed by atoms with Crippen LogP contribution >= 0.6 is 0 Å². The summed E-state index contributed by atoms with van der Waals surface area (Å²) in [6, 6.07) is 5.90. The fourth-order valence-electron chi connectivity index (χ4n) is 2.50. The molecule has 0 amide bonds. The number of oxazole rings is 1. The van der Waals surface area contributed by atoms with E-state index in [1.807, 2.05) is 62.4 Å². The summed E-state index contributed by atoms with van der Waals surface area (Å²) in [6.07, 6.45) is 11.3. The largest absolute Gasteiger partial charge is 0.484 e. The van der Waals surface area contributed by atoms with Crippen LogP contribution in [0.25, 0.3) is 5.57 Å². The van der Waals surface area contributed by atoms with Crippen molar-refractivity contribution in [3.05, 3.63) is 77.1 Å². The molecule has 4 nitrogen and oxygen atoms in total. The number of allylic oxidation sites excluding steroid dienone is 6. The molecule has 4 heteroatoms. The van der Waals surface area contributed by atoms with Gasteiger partial charge in [-0.2, -0.15) is 0 Å². The van der Waals surface area contributed by atoms with E-state index in [1.54, 1.807) is 0 Å². The molecule has 122 valence electrons. The Bertz CT molecular complexity index is 841. The van der Waals surface area contributed by atoms with Crippen LogP contribution in [0.3, 0.4) is 0 Å². The van der Waals surface area contributed by atoms with Gasteiger partial charge >= 0.3 is 0 Å². The Hall–Kier alpha value is -2.88. The van der Waals surface area contributed by atoms with Gasteiger partial charge in [-0.3, -0.25) is 4.79 Å². The highest BCUT2D eigenvalue weighted by atomic mass is 16.5. The smallest absolute Gasteiger partial charge is 0.233 e. The summed E-state index contributed by atoms with van der Waals surface area (Å²) >= 11 is 0. The van der Waals surface area contributed by atoms with Crippen molar-refractivity contribution in [1.29, 1.82) is 0 Å². The maximum absolute atomic E-state index is 11.3. The van der Waals surface area contributed by atoms with Crippen LogP contribution in [-0.2, 0) is 6.61 Å². The van der Waals surface area contributed by atoms with Crippen LogP contribution in [0.1, 0.15) is 39.7 Å². The zero-order valence-electron chi connectivity index (χ0n) is 13.8. The van der Waals surface area contributed by atoms with E-state index in [9.17, 15) is 4.79 Å². The van der Waals surface area contributed by atoms with Gasteiger partial charge in [0.1, 0.15) is 11.4 Å². The molecule has 0 saturated heterocycles. The van der Waals surface area contributed by atoms with Gasteiger partial charge in [-0.25, -0.2) is 4.98 Å². The van der Waals surface area contributed by atoms with E-state index >= 15 is 0 Å². The summed E-state index contributed by atoms with van der Waals surface area (Å²) in [5, 5.41) is 0. The SMILES string of the molecule is Cc1cccc(OCc2nc(C3=CCC=CC=C3)c(C=O)o2)c1C. The van der Waals surface area contributed by atoms with Crippen molar-refractivity contribution >= 4 is 11.9 Å². The standard InChI is InChI=1S/C20H19NO3/c1-14-8-7-11-17(15(14)2)23-13-19-21-20(18(12-22)24-19)16-9-5-3-4-6-10-16/h3-5,7-12H,6,13H2,1-2H3. The molecule has 0 fully saturated rings. The van der Waals surface area contributed by atoms with Gasteiger partial charge in [-0.05, 0) is 37.5 Å². The van der Waals surface area contributed by atoms with Crippen LogP contribution in [0.15, 0.2) is 53.0 Å². The highest BCUT2D eigenvalue weighted by Gasteiger charge is 2.16. The third-order valence-corrected chi connectivity index (χ3v) is 3.98. The van der Waals surface area contributed by atoms with Crippen LogP contribution in [0.4, 0.5) is 0 Å². The predicted molar refractivity (Wildman–Crippen MR) is 93.0 cm³/mol. The van der Waals surface area contributed by atoms with Crippen molar-refractivity contribution < 1.29 is 13.9 Å². The topological polar surface area (TPSA) is 52.3 Å². The minimum absolute atomic E-state index is 0.181. The molecule has 0 radical (unpaired) electrons. The van der Waals surface area contributed by atoms with E-state index < -0.39 is 0 Å². The average molecular weight is 321 g/mol. The molecule has 1 aromatic heterocycles. The molecule has 1 aliphatic rings. The Kier molecular flexibility index (Phi) is 4.75. The first-order valence-electron chi connectivity index (χ1n) is 7.86. The molecule has 0 spiro atoms. The first-order chi connectivity index (χ1) is 11.7. The van der Waals surface area contributed by atoms with Crippen molar-refractivity contribution in [3.63, 3.8) is 0 Å². The van der Waals surface area contributed by atoms with Crippen LogP contribution in [-0.4, -0.2) is 11.3 Å². The molecular formula is C20H19NO3. The molecule has 3 rings (SSSR count). The predicted octanol–water partition coefficient (Wildman–Crippen LogP) is 4.58. The maximum atomic E-state index is 11.3. The molecule has 2 aromatic rings. The Morgan fingerprint density at radius 1 is 1.29 bits per heavy atom. The van der Waals surface area contributed by atoms with E-state index in [2.05, 4.69) is 4.98 Å². The number of carbonyl (C=O) groups excluding carboxylic acids is 1. The van der Waals surface area contributed by atoms with Crippen molar-refractivity contribution in [2.75, 3.05) is 0 Å². The van der Waals surface area contributed by atoms with Gasteiger partial charge in [0.2, 0.25) is 5.89 Å². The lowest BCUT2D eigenvalue weighted by Gasteiger charge is -2.08. The Morgan fingerprint density at radius 3 is 3.00 bits per heavy atom. The molecule has 0 saturated carbocycles. The second-order valence-electron chi connectivity index (χ2n) is 5.61. The highest BCUT2D eigenvalue weighted by Crippen LogP contribution is 2.25. The van der Waals surface area contributed by atoms with E-state index in [0.29, 0.717) is 17.9 Å². The number of aldehydes is 1.